The van der Waals surface area contributed by atoms with Crippen molar-refractivity contribution in [1.82, 2.24) is 44.1 Å². The Hall–Kier alpha value is -5.99. The maximum atomic E-state index is 6.09. The molecule has 5 N–H and O–H groups in total. The van der Waals surface area contributed by atoms with Gasteiger partial charge in [-0.3, -0.25) is 0 Å². The van der Waals surface area contributed by atoms with Crippen LogP contribution in [0.25, 0.3) is 34.5 Å². The van der Waals surface area contributed by atoms with Crippen molar-refractivity contribution >= 4 is 29.3 Å². The number of nitrogens with two attached hydrogens (primary N) is 2. The summed E-state index contributed by atoms with van der Waals surface area (Å²) < 4.78 is 19.4. The predicted octanol–water partition coefficient (Wildman–Crippen LogP) is 3.09. The summed E-state index contributed by atoms with van der Waals surface area (Å²) >= 11 is 0. The van der Waals surface area contributed by atoms with Crippen molar-refractivity contribution in [1.29, 1.82) is 0 Å². The molecule has 7 rings (SSSR count). The van der Waals surface area contributed by atoms with Crippen molar-refractivity contribution in [3.05, 3.63) is 72.7 Å². The summed E-state index contributed by atoms with van der Waals surface area (Å²) in [5.74, 6) is 2.97. The first-order valence-electron chi connectivity index (χ1n) is 12.1. The Balaban J connectivity index is 1.03. The van der Waals surface area contributed by atoms with E-state index in [2.05, 4.69) is 40.4 Å². The van der Waals surface area contributed by atoms with Gasteiger partial charge in [0.2, 0.25) is 23.7 Å². The lowest BCUT2D eigenvalue weighted by Crippen LogP contribution is -2.12. The fraction of sp³-hybridized carbons (Fsp3) is 0.0800. The molecule has 0 spiro atoms. The Morgan fingerprint density at radius 1 is 0.800 bits per heavy atom. The quantitative estimate of drug-likeness (QED) is 0.256. The van der Waals surface area contributed by atoms with E-state index in [-0.39, 0.29) is 17.9 Å². The van der Waals surface area contributed by atoms with Crippen LogP contribution in [-0.2, 0) is 6.42 Å². The monoisotopic (exact) mass is 536 g/mol. The van der Waals surface area contributed by atoms with Gasteiger partial charge in [-0.25, -0.2) is 0 Å². The van der Waals surface area contributed by atoms with Gasteiger partial charge in [0, 0.05) is 12.6 Å². The highest BCUT2D eigenvalue weighted by Gasteiger charge is 2.15. The average molecular weight is 537 g/mol. The van der Waals surface area contributed by atoms with Crippen molar-refractivity contribution in [2.75, 3.05) is 23.3 Å². The van der Waals surface area contributed by atoms with Gasteiger partial charge in [-0.05, 0) is 48.4 Å². The summed E-state index contributed by atoms with van der Waals surface area (Å²) in [5, 5.41) is 11.9. The summed E-state index contributed by atoms with van der Waals surface area (Å²) in [6.07, 6.45) is 3.76. The zero-order chi connectivity index (χ0) is 27.1. The molecule has 0 unspecified atom stereocenters. The van der Waals surface area contributed by atoms with E-state index in [1.807, 2.05) is 24.3 Å². The first kappa shape index (κ1) is 23.2. The molecular formula is C25H20N12O3. The number of nitrogens with one attached hydrogen (secondary N) is 1. The summed E-state index contributed by atoms with van der Waals surface area (Å²) in [4.78, 5) is 21.7. The number of furan rings is 2. The highest BCUT2D eigenvalue weighted by Crippen LogP contribution is 2.24. The van der Waals surface area contributed by atoms with Gasteiger partial charge in [0.1, 0.15) is 11.4 Å². The topological polar surface area (TPSA) is 199 Å². The number of hydrogen-bond acceptors (Lipinski definition) is 13. The summed E-state index contributed by atoms with van der Waals surface area (Å²) in [6, 6.07) is 16.5. The summed E-state index contributed by atoms with van der Waals surface area (Å²) in [7, 11) is 0. The molecule has 0 saturated heterocycles. The lowest BCUT2D eigenvalue weighted by molar-refractivity contribution is 0.441. The zero-order valence-corrected chi connectivity index (χ0v) is 20.7. The normalized spacial score (nSPS) is 11.4. The van der Waals surface area contributed by atoms with E-state index in [1.54, 1.807) is 42.9 Å². The molecule has 0 aliphatic heterocycles. The van der Waals surface area contributed by atoms with Crippen LogP contribution < -0.4 is 21.5 Å². The molecule has 198 valence electrons. The second kappa shape index (κ2) is 9.39. The molecule has 6 heterocycles. The molecule has 0 fully saturated rings. The van der Waals surface area contributed by atoms with Crippen LogP contribution in [0.1, 0.15) is 5.56 Å². The Kier molecular flexibility index (Phi) is 5.44. The smallest absolute Gasteiger partial charge is 0.327 e. The zero-order valence-electron chi connectivity index (χ0n) is 20.7. The Labute approximate surface area is 224 Å². The van der Waals surface area contributed by atoms with Crippen molar-refractivity contribution in [3.8, 4) is 34.8 Å². The number of fused-ring (bicyclic) bond motifs is 2. The van der Waals surface area contributed by atoms with E-state index in [0.29, 0.717) is 59.1 Å². The number of hydrogen-bond donors (Lipinski definition) is 3. The van der Waals surface area contributed by atoms with Crippen LogP contribution in [0.2, 0.25) is 0 Å². The molecule has 0 atom stereocenters. The van der Waals surface area contributed by atoms with Crippen LogP contribution >= 0.6 is 0 Å². The molecule has 40 heavy (non-hydrogen) atoms. The van der Waals surface area contributed by atoms with Gasteiger partial charge >= 0.3 is 6.01 Å². The summed E-state index contributed by atoms with van der Waals surface area (Å²) in [5.41, 5.74) is 14.2. The first-order valence-corrected chi connectivity index (χ1v) is 12.1. The van der Waals surface area contributed by atoms with Gasteiger partial charge in [-0.15, -0.1) is 5.10 Å². The van der Waals surface area contributed by atoms with Crippen LogP contribution in [-0.4, -0.2) is 50.7 Å². The standard InChI is InChI=1S/C25H20N12O3/c26-21-31-23(33-24-30-20(35-37(21)24)18-7-3-11-39-18)28-9-8-14-4-1-5-15(12-14)40-25-29-19-13-16(17-6-2-10-38-17)34-36(19)22(27)32-25/h1-7,10-13H,8-9H2,(H2,27,29,32)(H3,26,28,30,31,33,35). The minimum atomic E-state index is 0.102. The average Bonchev–Trinajstić information content (AvgIpc) is 3.75. The lowest BCUT2D eigenvalue weighted by atomic mass is 10.1. The van der Waals surface area contributed by atoms with E-state index in [9.17, 15) is 0 Å². The number of anilines is 3. The molecule has 0 amide bonds. The second-order valence-corrected chi connectivity index (χ2v) is 8.60. The molecule has 0 aliphatic rings. The number of nitrogens with zero attached hydrogens (tertiary/aromatic N) is 9. The van der Waals surface area contributed by atoms with Crippen molar-refractivity contribution in [3.63, 3.8) is 0 Å². The lowest BCUT2D eigenvalue weighted by Gasteiger charge is -2.08. The van der Waals surface area contributed by atoms with Gasteiger partial charge in [-0.2, -0.15) is 39.0 Å². The van der Waals surface area contributed by atoms with Crippen molar-refractivity contribution in [2.45, 2.75) is 6.42 Å². The first-order chi connectivity index (χ1) is 19.6. The van der Waals surface area contributed by atoms with Crippen LogP contribution in [0.5, 0.6) is 11.8 Å². The molecule has 0 aliphatic carbocycles. The largest absolute Gasteiger partial charge is 0.463 e. The van der Waals surface area contributed by atoms with E-state index >= 15 is 0 Å². The number of rotatable bonds is 8. The fourth-order valence-corrected chi connectivity index (χ4v) is 4.06. The minimum absolute atomic E-state index is 0.102. The van der Waals surface area contributed by atoms with Crippen LogP contribution in [0.4, 0.5) is 17.8 Å². The van der Waals surface area contributed by atoms with Gasteiger partial charge in [0.15, 0.2) is 17.2 Å². The fourth-order valence-electron chi connectivity index (χ4n) is 4.06. The molecule has 6 aromatic heterocycles. The molecule has 0 saturated carbocycles. The number of nitrogen functional groups attached to an aromatic ring is 2. The second-order valence-electron chi connectivity index (χ2n) is 8.60. The number of ether oxygens (including phenoxy) is 1. The third kappa shape index (κ3) is 4.36. The van der Waals surface area contributed by atoms with Gasteiger partial charge in [0.05, 0.1) is 12.5 Å². The van der Waals surface area contributed by atoms with E-state index in [1.165, 1.54) is 9.03 Å². The number of aromatic nitrogens is 9. The highest BCUT2D eigenvalue weighted by molar-refractivity contribution is 5.60. The van der Waals surface area contributed by atoms with Crippen molar-refractivity contribution < 1.29 is 13.6 Å². The predicted molar refractivity (Wildman–Crippen MR) is 142 cm³/mol. The van der Waals surface area contributed by atoms with Gasteiger partial charge in [-0.1, -0.05) is 12.1 Å². The van der Waals surface area contributed by atoms with Crippen LogP contribution in [0.15, 0.2) is 76.0 Å². The minimum Gasteiger partial charge on any atom is -0.463 e. The Bertz CT molecular complexity index is 1940. The Morgan fingerprint density at radius 3 is 2.45 bits per heavy atom. The van der Waals surface area contributed by atoms with Crippen LogP contribution in [0.3, 0.4) is 0 Å². The van der Waals surface area contributed by atoms with E-state index < -0.39 is 0 Å². The van der Waals surface area contributed by atoms with Crippen LogP contribution in [0, 0.1) is 0 Å². The molecule has 7 aromatic rings. The van der Waals surface area contributed by atoms with Crippen molar-refractivity contribution in [2.24, 2.45) is 0 Å². The Morgan fingerprint density at radius 2 is 1.62 bits per heavy atom. The molecule has 0 radical (unpaired) electrons. The molecule has 15 nitrogen and oxygen atoms in total. The van der Waals surface area contributed by atoms with E-state index in [4.69, 9.17) is 25.0 Å². The third-order valence-corrected chi connectivity index (χ3v) is 5.88. The third-order valence-electron chi connectivity index (χ3n) is 5.88. The molecule has 15 heteroatoms. The van der Waals surface area contributed by atoms with E-state index in [0.717, 1.165) is 5.56 Å². The number of benzene rings is 1. The van der Waals surface area contributed by atoms with Gasteiger partial charge < -0.3 is 30.4 Å². The molecular weight excluding hydrogens is 516 g/mol. The molecule has 0 bridgehead atoms. The maximum absolute atomic E-state index is 6.09. The van der Waals surface area contributed by atoms with Gasteiger partial charge in [0.25, 0.3) is 5.78 Å². The molecule has 1 aromatic carbocycles. The summed E-state index contributed by atoms with van der Waals surface area (Å²) in [6.45, 7) is 0.527. The highest BCUT2D eigenvalue weighted by atomic mass is 16.5. The SMILES string of the molecule is Nc1nc(Oc2cccc(CCNc3nc(N)n4nc(-c5ccco5)nc4n3)c2)nc2cc(-c3ccco3)nn12. The maximum Gasteiger partial charge on any atom is 0.327 e.